The Morgan fingerprint density at radius 1 is 0.272 bits per heavy atom. The Morgan fingerprint density at radius 2 is 0.511 bits per heavy atom. The van der Waals surface area contributed by atoms with Gasteiger partial charge in [0.25, 0.3) is 0 Å². The summed E-state index contributed by atoms with van der Waals surface area (Å²) in [5, 5.41) is 4.97. The number of fused-ring (bicyclic) bond motifs is 20. The van der Waals surface area contributed by atoms with Gasteiger partial charge in [-0.15, -0.1) is 0 Å². The Hall–Kier alpha value is -7.04. The van der Waals surface area contributed by atoms with Gasteiger partial charge in [-0.3, -0.25) is 0 Å². The zero-order valence-corrected chi connectivity index (χ0v) is 60.4. The van der Waals surface area contributed by atoms with Crippen LogP contribution in [0.3, 0.4) is 0 Å². The van der Waals surface area contributed by atoms with E-state index in [9.17, 15) is 0 Å². The highest BCUT2D eigenvalue weighted by molar-refractivity contribution is 6.17. The molecule has 9 aromatic rings. The van der Waals surface area contributed by atoms with Crippen molar-refractivity contribution in [1.29, 1.82) is 0 Å². The van der Waals surface area contributed by atoms with Gasteiger partial charge in [-0.05, 0) is 212 Å². The standard InChI is InChI=1S/C88H110N4/c1-21-29-53-41-67-71(45-57(53)33-25-5)81-79(61-37-63(85(9,10)11)49-64(38-61)86(12,13)14)82-73-47-59(35-27-7)55(31-23-3)43-69(73)77(91-82)52-78-70-44-56(32-24-4)60(36-28-8)48-74(70)84(92-78)80(62-39-65(87(15,16)17)50-66(40-62)88(18,19)20)83-72-46-58(34-26-6)54(30-22-2)42-68(72)76(90-83)51-75(67)89-81/h37-52,89,92H,21-36H2,1-20H3. The summed E-state index contributed by atoms with van der Waals surface area (Å²) in [7, 11) is 0. The van der Waals surface area contributed by atoms with Gasteiger partial charge in [-0.25, -0.2) is 9.97 Å². The van der Waals surface area contributed by atoms with Crippen molar-refractivity contribution in [2.45, 2.75) is 263 Å². The molecule has 92 heavy (non-hydrogen) atoms. The van der Waals surface area contributed by atoms with Crippen molar-refractivity contribution in [2.75, 3.05) is 0 Å². The third kappa shape index (κ3) is 12.8. The van der Waals surface area contributed by atoms with E-state index in [1.54, 1.807) is 0 Å². The van der Waals surface area contributed by atoms with Crippen LogP contribution in [0.15, 0.2) is 97.1 Å². The van der Waals surface area contributed by atoms with Crippen LogP contribution in [0.25, 0.3) is 111 Å². The van der Waals surface area contributed by atoms with Gasteiger partial charge in [0, 0.05) is 66.0 Å². The van der Waals surface area contributed by atoms with Gasteiger partial charge in [0.1, 0.15) is 0 Å². The molecule has 0 amide bonds. The summed E-state index contributed by atoms with van der Waals surface area (Å²) in [6.07, 6.45) is 16.8. The van der Waals surface area contributed by atoms with Gasteiger partial charge >= 0.3 is 0 Å². The molecule has 8 bridgehead atoms. The minimum atomic E-state index is -0.118. The smallest absolute Gasteiger partial charge is 0.0815 e. The molecule has 0 saturated carbocycles. The number of rotatable bonds is 18. The number of aryl methyl sites for hydroxylation is 8. The largest absolute Gasteiger partial charge is 0.354 e. The van der Waals surface area contributed by atoms with Crippen LogP contribution in [0.4, 0.5) is 0 Å². The van der Waals surface area contributed by atoms with Crippen LogP contribution in [-0.2, 0) is 73.0 Å². The number of aromatic amines is 2. The average molecular weight is 1220 g/mol. The van der Waals surface area contributed by atoms with Crippen LogP contribution in [0.5, 0.6) is 0 Å². The number of hydrogen-bond donors (Lipinski definition) is 2. The Labute approximate surface area is 554 Å². The van der Waals surface area contributed by atoms with Gasteiger partial charge in [-0.1, -0.05) is 226 Å². The normalized spacial score (nSPS) is 12.8. The lowest BCUT2D eigenvalue weighted by molar-refractivity contribution is 0.568. The van der Waals surface area contributed by atoms with Crippen LogP contribution in [-0.4, -0.2) is 19.9 Å². The second kappa shape index (κ2) is 26.0. The van der Waals surface area contributed by atoms with Gasteiger partial charge in [0.15, 0.2) is 0 Å². The summed E-state index contributed by atoms with van der Waals surface area (Å²) in [4.78, 5) is 21.3. The Balaban J connectivity index is 1.51. The van der Waals surface area contributed by atoms with E-state index in [1.807, 2.05) is 0 Å². The van der Waals surface area contributed by atoms with Crippen molar-refractivity contribution in [3.63, 3.8) is 0 Å². The number of H-pyrrole nitrogens is 2. The van der Waals surface area contributed by atoms with Crippen molar-refractivity contribution in [3.8, 4) is 67.3 Å². The summed E-state index contributed by atoms with van der Waals surface area (Å²) in [5.41, 5.74) is 34.5. The first-order valence-electron chi connectivity index (χ1n) is 36.1. The molecule has 0 fully saturated rings. The number of aromatic nitrogens is 4. The molecule has 0 spiro atoms. The molecule has 482 valence electrons. The first kappa shape index (κ1) is 66.4. The predicted molar refractivity (Wildman–Crippen MR) is 403 cm³/mol. The second-order valence-electron chi connectivity index (χ2n) is 31.8. The molecule has 0 atom stereocenters. The molecule has 6 aromatic carbocycles. The lowest BCUT2D eigenvalue weighted by atomic mass is 9.78. The average Bonchev–Trinajstić information content (AvgIpc) is 1.56. The third-order valence-corrected chi connectivity index (χ3v) is 20.1. The molecule has 5 heterocycles. The molecule has 4 heteroatoms. The van der Waals surface area contributed by atoms with Crippen LogP contribution in [0, 0.1) is 0 Å². The number of nitrogens with zero attached hydrogens (tertiary/aromatic N) is 2. The molecular formula is C88H110N4. The van der Waals surface area contributed by atoms with E-state index in [-0.39, 0.29) is 21.7 Å². The molecule has 4 nitrogen and oxygen atoms in total. The van der Waals surface area contributed by atoms with E-state index in [4.69, 9.17) is 9.97 Å². The Morgan fingerprint density at radius 3 is 0.761 bits per heavy atom. The van der Waals surface area contributed by atoms with E-state index in [2.05, 4.69) is 246 Å². The third-order valence-electron chi connectivity index (χ3n) is 20.1. The SMILES string of the molecule is CCCc1cc2c(cc1CCC)-c1nc-2cc2[nH]c(c(-c3cc(C(C)(C)C)cc(C(C)(C)C)c3)c3nc(cc4[nH]c(c1-c1cc(C(C)(C)C)cc(C(C)(C)C)c1)c1cc(CCC)c(CCC)cc41)-c1cc(CCC)c(CCC)cc1-3)c1cc(CCC)c(CCC)cc21. The lowest BCUT2D eigenvalue weighted by Gasteiger charge is -2.26. The minimum absolute atomic E-state index is 0.118. The topological polar surface area (TPSA) is 57.4 Å². The molecule has 11 rings (SSSR count). The van der Waals surface area contributed by atoms with Gasteiger partial charge in [0.05, 0.1) is 33.8 Å². The molecule has 0 aliphatic carbocycles. The fourth-order valence-electron chi connectivity index (χ4n) is 15.0. The maximum absolute atomic E-state index is 6.26. The molecule has 0 radical (unpaired) electrons. The fourth-order valence-corrected chi connectivity index (χ4v) is 15.0. The molecular weight excluding hydrogens is 1110 g/mol. The zero-order chi connectivity index (χ0) is 65.9. The summed E-state index contributed by atoms with van der Waals surface area (Å²) in [6.45, 7) is 47.3. The minimum Gasteiger partial charge on any atom is -0.354 e. The maximum Gasteiger partial charge on any atom is 0.0815 e. The highest BCUT2D eigenvalue weighted by atomic mass is 14.8. The summed E-state index contributed by atoms with van der Waals surface area (Å²) >= 11 is 0. The summed E-state index contributed by atoms with van der Waals surface area (Å²) in [6, 6.07) is 40.6. The van der Waals surface area contributed by atoms with Crippen LogP contribution in [0.1, 0.15) is 257 Å². The highest BCUT2D eigenvalue weighted by Crippen LogP contribution is 2.51. The number of hydrogen-bond acceptors (Lipinski definition) is 2. The molecule has 2 aliphatic rings. The zero-order valence-electron chi connectivity index (χ0n) is 60.4. The van der Waals surface area contributed by atoms with Crippen molar-refractivity contribution in [2.24, 2.45) is 0 Å². The summed E-state index contributed by atoms with van der Waals surface area (Å²) in [5.74, 6) is 0. The Bertz CT molecular complexity index is 4110. The maximum atomic E-state index is 6.26. The summed E-state index contributed by atoms with van der Waals surface area (Å²) < 4.78 is 0. The quantitative estimate of drug-likeness (QED) is 0.0899. The van der Waals surface area contributed by atoms with Crippen molar-refractivity contribution in [1.82, 2.24) is 19.9 Å². The van der Waals surface area contributed by atoms with Gasteiger partial charge in [-0.2, -0.15) is 0 Å². The Kier molecular flexibility index (Phi) is 18.8. The van der Waals surface area contributed by atoms with E-state index < -0.39 is 0 Å². The van der Waals surface area contributed by atoms with E-state index in [0.29, 0.717) is 0 Å². The molecule has 0 saturated heterocycles. The monoisotopic (exact) mass is 1220 g/mol. The van der Waals surface area contributed by atoms with Crippen molar-refractivity contribution < 1.29 is 0 Å². The molecule has 2 aliphatic heterocycles. The first-order chi connectivity index (χ1) is 43.7. The number of benzene rings is 6. The van der Waals surface area contributed by atoms with Crippen LogP contribution in [0.2, 0.25) is 0 Å². The van der Waals surface area contributed by atoms with Crippen molar-refractivity contribution >= 4 is 43.6 Å². The highest BCUT2D eigenvalue weighted by Gasteiger charge is 2.32. The van der Waals surface area contributed by atoms with Crippen LogP contribution < -0.4 is 0 Å². The molecule has 0 unspecified atom stereocenters. The number of nitrogens with one attached hydrogen (secondary N) is 2. The molecule has 3 aromatic heterocycles. The lowest BCUT2D eigenvalue weighted by Crippen LogP contribution is -2.16. The fraction of sp³-hybridized carbons (Fsp3) is 0.455. The van der Waals surface area contributed by atoms with Gasteiger partial charge < -0.3 is 9.97 Å². The molecule has 2 N–H and O–H groups in total. The van der Waals surface area contributed by atoms with E-state index in [1.165, 1.54) is 122 Å². The predicted octanol–water partition coefficient (Wildman–Crippen LogP) is 25.4. The first-order valence-corrected chi connectivity index (χ1v) is 36.1. The van der Waals surface area contributed by atoms with Crippen LogP contribution >= 0.6 is 0 Å². The van der Waals surface area contributed by atoms with E-state index in [0.717, 1.165) is 159 Å². The van der Waals surface area contributed by atoms with Crippen molar-refractivity contribution in [3.05, 3.63) is 164 Å². The van der Waals surface area contributed by atoms with E-state index >= 15 is 0 Å². The second-order valence-corrected chi connectivity index (χ2v) is 31.8. The van der Waals surface area contributed by atoms with Gasteiger partial charge in [0.2, 0.25) is 0 Å².